The topological polar surface area (TPSA) is 72.1 Å². The smallest absolute Gasteiger partial charge is 0.273 e. The summed E-state index contributed by atoms with van der Waals surface area (Å²) in [6, 6.07) is 0. The molecule has 0 aromatic carbocycles. The lowest BCUT2D eigenvalue weighted by Crippen LogP contribution is -2.27. The van der Waals surface area contributed by atoms with Crippen LogP contribution in [0.15, 0.2) is 12.4 Å². The fourth-order valence-electron chi connectivity index (χ4n) is 0.788. The molecule has 0 unspecified atom stereocenters. The third-order valence-electron chi connectivity index (χ3n) is 1.71. The molecule has 0 spiro atoms. The number of hydrogen-bond acceptors (Lipinski definition) is 4. The van der Waals surface area contributed by atoms with Crippen LogP contribution in [0.4, 0.5) is 5.82 Å². The molecule has 0 saturated heterocycles. The first-order valence-electron chi connectivity index (χ1n) is 3.98. The predicted molar refractivity (Wildman–Crippen MR) is 49.1 cm³/mol. The van der Waals surface area contributed by atoms with Crippen molar-refractivity contribution in [1.29, 1.82) is 0 Å². The summed E-state index contributed by atoms with van der Waals surface area (Å²) in [6.07, 6.45) is 2.75. The van der Waals surface area contributed by atoms with E-state index in [2.05, 4.69) is 9.97 Å². The Labute approximate surface area is 76.6 Å². The zero-order chi connectivity index (χ0) is 9.84. The van der Waals surface area contributed by atoms with Gasteiger partial charge in [0.1, 0.15) is 11.5 Å². The minimum Gasteiger partial charge on any atom is -0.382 e. The second-order valence-electron chi connectivity index (χ2n) is 2.65. The lowest BCUT2D eigenvalue weighted by Gasteiger charge is -2.12. The normalized spacial score (nSPS) is 9.69. The molecule has 1 rings (SSSR count). The van der Waals surface area contributed by atoms with E-state index in [1.54, 1.807) is 11.9 Å². The van der Waals surface area contributed by atoms with Crippen molar-refractivity contribution in [2.24, 2.45) is 0 Å². The zero-order valence-corrected chi connectivity index (χ0v) is 7.69. The molecule has 0 fully saturated rings. The maximum Gasteiger partial charge on any atom is 0.273 e. The molecule has 1 heterocycles. The van der Waals surface area contributed by atoms with Gasteiger partial charge in [-0.05, 0) is 6.92 Å². The van der Waals surface area contributed by atoms with Crippen molar-refractivity contribution < 1.29 is 4.79 Å². The van der Waals surface area contributed by atoms with Gasteiger partial charge in [-0.1, -0.05) is 0 Å². The summed E-state index contributed by atoms with van der Waals surface area (Å²) in [6.45, 7) is 2.54. The number of anilines is 1. The monoisotopic (exact) mass is 180 g/mol. The van der Waals surface area contributed by atoms with Crippen LogP contribution in [0.1, 0.15) is 17.4 Å². The largest absolute Gasteiger partial charge is 0.382 e. The fraction of sp³-hybridized carbons (Fsp3) is 0.375. The van der Waals surface area contributed by atoms with E-state index < -0.39 is 0 Å². The van der Waals surface area contributed by atoms with E-state index in [0.717, 1.165) is 0 Å². The minimum absolute atomic E-state index is 0.144. The van der Waals surface area contributed by atoms with Crippen LogP contribution in [0, 0.1) is 0 Å². The van der Waals surface area contributed by atoms with Crippen LogP contribution < -0.4 is 5.73 Å². The van der Waals surface area contributed by atoms with Gasteiger partial charge in [0.05, 0.1) is 12.4 Å². The van der Waals surface area contributed by atoms with Gasteiger partial charge >= 0.3 is 0 Å². The molecule has 0 radical (unpaired) electrons. The van der Waals surface area contributed by atoms with Crippen molar-refractivity contribution in [2.75, 3.05) is 19.3 Å². The van der Waals surface area contributed by atoms with Gasteiger partial charge in [0, 0.05) is 13.6 Å². The Hall–Kier alpha value is -1.65. The summed E-state index contributed by atoms with van der Waals surface area (Å²) < 4.78 is 0. The molecule has 1 aromatic rings. The fourth-order valence-corrected chi connectivity index (χ4v) is 0.788. The van der Waals surface area contributed by atoms with E-state index in [9.17, 15) is 4.79 Å². The zero-order valence-electron chi connectivity index (χ0n) is 7.69. The van der Waals surface area contributed by atoms with E-state index in [4.69, 9.17) is 5.73 Å². The maximum atomic E-state index is 11.5. The average Bonchev–Trinajstić information content (AvgIpc) is 2.17. The molecule has 1 amide bonds. The van der Waals surface area contributed by atoms with Crippen molar-refractivity contribution in [2.45, 2.75) is 6.92 Å². The summed E-state index contributed by atoms with van der Waals surface area (Å²) in [5, 5.41) is 0. The maximum absolute atomic E-state index is 11.5. The molecule has 70 valence electrons. The Bertz CT molecular complexity index is 296. The highest BCUT2D eigenvalue weighted by atomic mass is 16.2. The molecule has 0 atom stereocenters. The highest BCUT2D eigenvalue weighted by Crippen LogP contribution is 1.99. The highest BCUT2D eigenvalue weighted by Gasteiger charge is 2.10. The molecule has 0 aliphatic heterocycles. The van der Waals surface area contributed by atoms with E-state index in [-0.39, 0.29) is 5.91 Å². The van der Waals surface area contributed by atoms with E-state index >= 15 is 0 Å². The number of amides is 1. The number of nitrogens with two attached hydrogens (primary N) is 1. The number of rotatable bonds is 2. The summed E-state index contributed by atoms with van der Waals surface area (Å²) >= 11 is 0. The predicted octanol–water partition coefficient (Wildman–Crippen LogP) is 0.151. The summed E-state index contributed by atoms with van der Waals surface area (Å²) in [5.41, 5.74) is 5.66. The van der Waals surface area contributed by atoms with E-state index in [1.807, 2.05) is 6.92 Å². The number of hydrogen-bond donors (Lipinski definition) is 1. The molecular weight excluding hydrogens is 168 g/mol. The molecule has 0 aliphatic carbocycles. The van der Waals surface area contributed by atoms with Crippen LogP contribution in [-0.4, -0.2) is 34.4 Å². The highest BCUT2D eigenvalue weighted by molar-refractivity contribution is 5.91. The van der Waals surface area contributed by atoms with Crippen molar-refractivity contribution >= 4 is 11.7 Å². The average molecular weight is 180 g/mol. The van der Waals surface area contributed by atoms with Crippen LogP contribution in [-0.2, 0) is 0 Å². The summed E-state index contributed by atoms with van der Waals surface area (Å²) in [4.78, 5) is 20.7. The third kappa shape index (κ3) is 2.14. The van der Waals surface area contributed by atoms with Crippen molar-refractivity contribution in [3.63, 3.8) is 0 Å². The Kier molecular flexibility index (Phi) is 2.79. The first kappa shape index (κ1) is 9.44. The molecule has 0 saturated carbocycles. The van der Waals surface area contributed by atoms with E-state index in [1.165, 1.54) is 12.4 Å². The van der Waals surface area contributed by atoms with Gasteiger partial charge < -0.3 is 10.6 Å². The molecule has 1 aromatic heterocycles. The van der Waals surface area contributed by atoms with Crippen LogP contribution in [0.2, 0.25) is 0 Å². The second kappa shape index (κ2) is 3.84. The Morgan fingerprint density at radius 2 is 2.23 bits per heavy atom. The molecule has 0 bridgehead atoms. The second-order valence-corrected chi connectivity index (χ2v) is 2.65. The Balaban J connectivity index is 2.83. The quantitative estimate of drug-likeness (QED) is 0.703. The van der Waals surface area contributed by atoms with Crippen molar-refractivity contribution in [3.8, 4) is 0 Å². The number of carbonyl (C=O) groups excluding carboxylic acids is 1. The number of aromatic nitrogens is 2. The number of carbonyl (C=O) groups is 1. The van der Waals surface area contributed by atoms with Gasteiger partial charge in [-0.3, -0.25) is 4.79 Å². The Morgan fingerprint density at radius 3 is 2.69 bits per heavy atom. The van der Waals surface area contributed by atoms with Gasteiger partial charge in [0.2, 0.25) is 0 Å². The first-order valence-corrected chi connectivity index (χ1v) is 3.98. The first-order chi connectivity index (χ1) is 6.15. The molecule has 2 N–H and O–H groups in total. The number of nitrogen functional groups attached to an aromatic ring is 1. The molecule has 0 aliphatic rings. The van der Waals surface area contributed by atoms with Crippen molar-refractivity contribution in [1.82, 2.24) is 14.9 Å². The van der Waals surface area contributed by atoms with Gasteiger partial charge in [-0.15, -0.1) is 0 Å². The molecular formula is C8H12N4O. The van der Waals surface area contributed by atoms with Crippen LogP contribution >= 0.6 is 0 Å². The van der Waals surface area contributed by atoms with Crippen LogP contribution in [0.3, 0.4) is 0 Å². The molecule has 5 heteroatoms. The number of nitrogens with zero attached hydrogens (tertiary/aromatic N) is 3. The van der Waals surface area contributed by atoms with Gasteiger partial charge in [-0.2, -0.15) is 0 Å². The Morgan fingerprint density at radius 1 is 1.54 bits per heavy atom. The standard InChI is InChI=1S/C8H12N4O/c1-3-12(2)8(13)6-4-11-7(9)5-10-6/h4-5H,3H2,1-2H3,(H2,9,11). The van der Waals surface area contributed by atoms with E-state index in [0.29, 0.717) is 18.1 Å². The van der Waals surface area contributed by atoms with Gasteiger partial charge in [0.15, 0.2) is 0 Å². The summed E-state index contributed by atoms with van der Waals surface area (Å²) in [5.74, 6) is 0.172. The molecule has 13 heavy (non-hydrogen) atoms. The van der Waals surface area contributed by atoms with Gasteiger partial charge in [0.25, 0.3) is 5.91 Å². The third-order valence-corrected chi connectivity index (χ3v) is 1.71. The lowest BCUT2D eigenvalue weighted by atomic mass is 10.4. The summed E-state index contributed by atoms with van der Waals surface area (Å²) in [7, 11) is 1.71. The molecule has 5 nitrogen and oxygen atoms in total. The SMILES string of the molecule is CCN(C)C(=O)c1cnc(N)cn1. The van der Waals surface area contributed by atoms with Crippen LogP contribution in [0.25, 0.3) is 0 Å². The van der Waals surface area contributed by atoms with Crippen molar-refractivity contribution in [3.05, 3.63) is 18.1 Å². The van der Waals surface area contributed by atoms with Crippen LogP contribution in [0.5, 0.6) is 0 Å². The lowest BCUT2D eigenvalue weighted by molar-refractivity contribution is 0.0796. The van der Waals surface area contributed by atoms with Gasteiger partial charge in [-0.25, -0.2) is 9.97 Å². The minimum atomic E-state index is -0.144.